The fourth-order valence-electron chi connectivity index (χ4n) is 5.03. The normalized spacial score (nSPS) is 13.9. The molecule has 0 saturated carbocycles. The zero-order valence-corrected chi connectivity index (χ0v) is 23.2. The van der Waals surface area contributed by atoms with Crippen molar-refractivity contribution in [3.05, 3.63) is 62.3 Å². The molecule has 0 spiro atoms. The van der Waals surface area contributed by atoms with Crippen molar-refractivity contribution in [3.8, 4) is 11.5 Å². The Balaban J connectivity index is 1.63. The average Bonchev–Trinajstić information content (AvgIpc) is 2.93. The Morgan fingerprint density at radius 2 is 1.62 bits per heavy atom. The van der Waals surface area contributed by atoms with Gasteiger partial charge in [0, 0.05) is 38.7 Å². The van der Waals surface area contributed by atoms with Crippen LogP contribution in [-0.4, -0.2) is 52.2 Å². The quantitative estimate of drug-likeness (QED) is 0.471. The summed E-state index contributed by atoms with van der Waals surface area (Å²) in [6, 6.07) is 8.39. The second kappa shape index (κ2) is 11.8. The maximum Gasteiger partial charge on any atom is 0.331 e. The Kier molecular flexibility index (Phi) is 8.42. The zero-order chi connectivity index (χ0) is 28.3. The van der Waals surface area contributed by atoms with Crippen LogP contribution >= 0.6 is 0 Å². The van der Waals surface area contributed by atoms with Gasteiger partial charge in [0.15, 0.2) is 11.5 Å². The lowest BCUT2D eigenvalue weighted by molar-refractivity contribution is -0.115. The predicted molar refractivity (Wildman–Crippen MR) is 150 cm³/mol. The molecule has 3 aromatic rings. The number of rotatable bonds is 8. The Morgan fingerprint density at radius 1 is 0.974 bits per heavy atom. The molecule has 1 aliphatic heterocycles. The highest BCUT2D eigenvalue weighted by Crippen LogP contribution is 2.35. The summed E-state index contributed by atoms with van der Waals surface area (Å²) in [5.41, 5.74) is 1.53. The van der Waals surface area contributed by atoms with E-state index in [4.69, 9.17) is 9.47 Å². The van der Waals surface area contributed by atoms with Gasteiger partial charge in [0.2, 0.25) is 5.91 Å². The number of benzene rings is 2. The number of aromatic nitrogens is 2. The Bertz CT molecular complexity index is 1510. The summed E-state index contributed by atoms with van der Waals surface area (Å²) in [4.78, 5) is 54.2. The first-order chi connectivity index (χ1) is 18.7. The first kappa shape index (κ1) is 27.9. The van der Waals surface area contributed by atoms with E-state index < -0.39 is 0 Å². The summed E-state index contributed by atoms with van der Waals surface area (Å²) in [5, 5.41) is 3.32. The molecular formula is C29H36N4O6. The summed E-state index contributed by atoms with van der Waals surface area (Å²) in [6.45, 7) is 8.82. The van der Waals surface area contributed by atoms with Crippen LogP contribution in [0.15, 0.2) is 39.9 Å². The molecule has 1 aliphatic rings. The molecule has 39 heavy (non-hydrogen) atoms. The predicted octanol–water partition coefficient (Wildman–Crippen LogP) is 3.63. The van der Waals surface area contributed by atoms with Gasteiger partial charge in [0.05, 0.1) is 35.4 Å². The van der Waals surface area contributed by atoms with Crippen LogP contribution in [0.25, 0.3) is 10.9 Å². The molecule has 208 valence electrons. The molecule has 1 aromatic heterocycles. The Labute approximate surface area is 227 Å². The lowest BCUT2D eigenvalue weighted by atomic mass is 10.0. The minimum absolute atomic E-state index is 0.226. The molecule has 1 N–H and O–H groups in total. The molecule has 1 saturated heterocycles. The number of piperidine rings is 1. The molecule has 1 fully saturated rings. The third-order valence-corrected chi connectivity index (χ3v) is 7.08. The van der Waals surface area contributed by atoms with Gasteiger partial charge in [-0.05, 0) is 51.8 Å². The minimum Gasteiger partial charge on any atom is -0.490 e. The SMILES string of the molecule is CCOc1cc(NC(=O)CC)c(C(=O)N2CCC(n3c(=O)c4cc(C)ccc4n(C)c3=O)CC2)cc1OCC. The van der Waals surface area contributed by atoms with E-state index in [0.717, 1.165) is 5.56 Å². The molecule has 2 aromatic carbocycles. The molecule has 0 aliphatic carbocycles. The van der Waals surface area contributed by atoms with Crippen molar-refractivity contribution >= 4 is 28.4 Å². The third-order valence-electron chi connectivity index (χ3n) is 7.08. The highest BCUT2D eigenvalue weighted by atomic mass is 16.5. The van der Waals surface area contributed by atoms with E-state index in [1.807, 2.05) is 26.8 Å². The molecule has 10 heteroatoms. The standard InChI is InChI=1S/C29H36N4O6/c1-6-26(34)30-22-17-25(39-8-3)24(38-7-2)16-20(22)27(35)32-13-11-19(12-14-32)33-28(36)21-15-18(4)9-10-23(21)31(5)29(33)37/h9-10,15-17,19H,6-8,11-14H2,1-5H3,(H,30,34). The van der Waals surface area contributed by atoms with Gasteiger partial charge >= 0.3 is 5.69 Å². The van der Waals surface area contributed by atoms with Crippen LogP contribution in [0.4, 0.5) is 5.69 Å². The fourth-order valence-corrected chi connectivity index (χ4v) is 5.03. The van der Waals surface area contributed by atoms with E-state index in [0.29, 0.717) is 72.8 Å². The summed E-state index contributed by atoms with van der Waals surface area (Å²) in [5.74, 6) is 0.380. The number of hydrogen-bond donors (Lipinski definition) is 1. The summed E-state index contributed by atoms with van der Waals surface area (Å²) >= 11 is 0. The topological polar surface area (TPSA) is 112 Å². The Morgan fingerprint density at radius 3 is 2.23 bits per heavy atom. The van der Waals surface area contributed by atoms with Crippen LogP contribution in [0, 0.1) is 6.92 Å². The van der Waals surface area contributed by atoms with Gasteiger partial charge < -0.3 is 19.7 Å². The van der Waals surface area contributed by atoms with Gasteiger partial charge in [-0.2, -0.15) is 0 Å². The van der Waals surface area contributed by atoms with Gasteiger partial charge in [-0.1, -0.05) is 18.6 Å². The van der Waals surface area contributed by atoms with Crippen LogP contribution in [0.3, 0.4) is 0 Å². The van der Waals surface area contributed by atoms with Crippen molar-refractivity contribution in [1.29, 1.82) is 0 Å². The number of likely N-dealkylation sites (tertiary alicyclic amines) is 1. The van der Waals surface area contributed by atoms with Crippen molar-refractivity contribution in [2.75, 3.05) is 31.6 Å². The molecule has 0 atom stereocenters. The summed E-state index contributed by atoms with van der Waals surface area (Å²) in [7, 11) is 1.67. The van der Waals surface area contributed by atoms with Crippen molar-refractivity contribution in [2.24, 2.45) is 7.05 Å². The first-order valence-electron chi connectivity index (χ1n) is 13.4. The number of nitrogens with zero attached hydrogens (tertiary/aromatic N) is 3. The smallest absolute Gasteiger partial charge is 0.331 e. The number of hydrogen-bond acceptors (Lipinski definition) is 6. The molecule has 2 amide bonds. The van der Waals surface area contributed by atoms with Crippen LogP contribution in [0.5, 0.6) is 11.5 Å². The molecule has 2 heterocycles. The molecule has 0 radical (unpaired) electrons. The van der Waals surface area contributed by atoms with Gasteiger partial charge in [0.1, 0.15) is 0 Å². The lowest BCUT2D eigenvalue weighted by Gasteiger charge is -2.33. The van der Waals surface area contributed by atoms with Crippen LogP contribution in [0.2, 0.25) is 0 Å². The molecular weight excluding hydrogens is 500 g/mol. The van der Waals surface area contributed by atoms with Gasteiger partial charge in [0.25, 0.3) is 11.5 Å². The monoisotopic (exact) mass is 536 g/mol. The number of fused-ring (bicyclic) bond motifs is 1. The Hall–Kier alpha value is -4.08. The number of ether oxygens (including phenoxy) is 2. The maximum absolute atomic E-state index is 13.7. The number of nitrogens with one attached hydrogen (secondary N) is 1. The van der Waals surface area contributed by atoms with E-state index in [1.54, 1.807) is 43.1 Å². The van der Waals surface area contributed by atoms with Gasteiger partial charge in [-0.25, -0.2) is 4.79 Å². The molecule has 0 unspecified atom stereocenters. The van der Waals surface area contributed by atoms with Crippen LogP contribution in [-0.2, 0) is 11.8 Å². The van der Waals surface area contributed by atoms with E-state index >= 15 is 0 Å². The number of carbonyl (C=O) groups is 2. The number of aryl methyl sites for hydroxylation is 2. The van der Waals surface area contributed by atoms with E-state index in [1.165, 1.54) is 9.13 Å². The summed E-state index contributed by atoms with van der Waals surface area (Å²) < 4.78 is 14.3. The van der Waals surface area contributed by atoms with Gasteiger partial charge in [-0.3, -0.25) is 23.5 Å². The summed E-state index contributed by atoms with van der Waals surface area (Å²) in [6.07, 6.45) is 1.15. The van der Waals surface area contributed by atoms with Gasteiger partial charge in [-0.15, -0.1) is 0 Å². The highest BCUT2D eigenvalue weighted by Gasteiger charge is 2.29. The molecule has 10 nitrogen and oxygen atoms in total. The van der Waals surface area contributed by atoms with Crippen molar-refractivity contribution in [2.45, 2.75) is 53.0 Å². The van der Waals surface area contributed by atoms with Crippen molar-refractivity contribution in [1.82, 2.24) is 14.0 Å². The lowest BCUT2D eigenvalue weighted by Crippen LogP contribution is -2.46. The number of amides is 2. The molecule has 0 bridgehead atoms. The largest absolute Gasteiger partial charge is 0.490 e. The van der Waals surface area contributed by atoms with E-state index in [2.05, 4.69) is 5.32 Å². The van der Waals surface area contributed by atoms with Crippen molar-refractivity contribution in [3.63, 3.8) is 0 Å². The van der Waals surface area contributed by atoms with Crippen LogP contribution < -0.4 is 26.0 Å². The zero-order valence-electron chi connectivity index (χ0n) is 23.2. The van der Waals surface area contributed by atoms with E-state index in [-0.39, 0.29) is 35.5 Å². The van der Waals surface area contributed by atoms with Crippen LogP contribution in [0.1, 0.15) is 62.0 Å². The fraction of sp³-hybridized carbons (Fsp3) is 0.448. The minimum atomic E-state index is -0.362. The number of carbonyl (C=O) groups excluding carboxylic acids is 2. The molecule has 4 rings (SSSR count). The second-order valence-electron chi connectivity index (χ2n) is 9.67. The number of anilines is 1. The van der Waals surface area contributed by atoms with Crippen molar-refractivity contribution < 1.29 is 19.1 Å². The average molecular weight is 537 g/mol. The highest BCUT2D eigenvalue weighted by molar-refractivity contribution is 6.04. The van der Waals surface area contributed by atoms with E-state index in [9.17, 15) is 19.2 Å². The maximum atomic E-state index is 13.7. The second-order valence-corrected chi connectivity index (χ2v) is 9.67. The third kappa shape index (κ3) is 5.55. The first-order valence-corrected chi connectivity index (χ1v) is 13.4.